The molecule has 1 heterocycles. The number of amides is 1. The van der Waals surface area contributed by atoms with Crippen molar-refractivity contribution < 1.29 is 19.0 Å². The lowest BCUT2D eigenvalue weighted by Crippen LogP contribution is -2.40. The van der Waals surface area contributed by atoms with E-state index in [1.54, 1.807) is 18.2 Å². The van der Waals surface area contributed by atoms with Gasteiger partial charge in [-0.15, -0.1) is 0 Å². The summed E-state index contributed by atoms with van der Waals surface area (Å²) in [4.78, 5) is 14.3. The van der Waals surface area contributed by atoms with Crippen molar-refractivity contribution in [3.8, 4) is 5.75 Å². The third-order valence-electron chi connectivity index (χ3n) is 5.36. The number of nitrogens with zero attached hydrogens (tertiary/aromatic N) is 1. The van der Waals surface area contributed by atoms with Crippen LogP contribution in [0.3, 0.4) is 0 Å². The summed E-state index contributed by atoms with van der Waals surface area (Å²) >= 11 is 6.18. The van der Waals surface area contributed by atoms with Crippen LogP contribution in [0.1, 0.15) is 30.4 Å². The summed E-state index contributed by atoms with van der Waals surface area (Å²) in [5.74, 6) is 0.190. The van der Waals surface area contributed by atoms with Gasteiger partial charge in [0, 0.05) is 13.1 Å². The second kappa shape index (κ2) is 10.2. The molecule has 2 N–H and O–H groups in total. The smallest absolute Gasteiger partial charge is 0.234 e. The van der Waals surface area contributed by atoms with E-state index in [4.69, 9.17) is 16.3 Å². The maximum absolute atomic E-state index is 13.0. The maximum Gasteiger partial charge on any atom is 0.234 e. The lowest BCUT2D eigenvalue weighted by Gasteiger charge is -2.27. The quantitative estimate of drug-likeness (QED) is 0.697. The molecule has 1 fully saturated rings. The number of likely N-dealkylation sites (tertiary alicyclic amines) is 1. The van der Waals surface area contributed by atoms with Crippen LogP contribution in [0.4, 0.5) is 4.39 Å². The molecular formula is C23H28ClFN2O3. The largest absolute Gasteiger partial charge is 0.489 e. The normalized spacial score (nSPS) is 19.9. The van der Waals surface area contributed by atoms with E-state index in [1.165, 1.54) is 12.1 Å². The molecular weight excluding hydrogens is 407 g/mol. The molecule has 1 aliphatic rings. The fraction of sp³-hybridized carbons (Fsp3) is 0.435. The summed E-state index contributed by atoms with van der Waals surface area (Å²) in [7, 11) is 0. The molecule has 1 unspecified atom stereocenters. The second-order valence-corrected chi connectivity index (χ2v) is 8.39. The van der Waals surface area contributed by atoms with Gasteiger partial charge in [-0.05, 0) is 68.1 Å². The van der Waals surface area contributed by atoms with Crippen molar-refractivity contribution in [3.05, 3.63) is 64.4 Å². The highest BCUT2D eigenvalue weighted by atomic mass is 35.5. The number of carbonyl (C=O) groups excluding carboxylic acids is 1. The van der Waals surface area contributed by atoms with Gasteiger partial charge >= 0.3 is 0 Å². The van der Waals surface area contributed by atoms with Crippen LogP contribution >= 0.6 is 11.6 Å². The van der Waals surface area contributed by atoms with Crippen molar-refractivity contribution in [2.75, 3.05) is 26.2 Å². The zero-order chi connectivity index (χ0) is 21.6. The number of benzene rings is 2. The number of aryl methyl sites for hydroxylation is 1. The van der Waals surface area contributed by atoms with Crippen LogP contribution in [-0.2, 0) is 11.3 Å². The molecule has 2 aromatic carbocycles. The molecule has 0 aliphatic carbocycles. The Balaban J connectivity index is 1.45. The molecule has 2 aromatic rings. The van der Waals surface area contributed by atoms with Gasteiger partial charge in [0.1, 0.15) is 18.2 Å². The third-order valence-corrected chi connectivity index (χ3v) is 5.68. The van der Waals surface area contributed by atoms with Crippen LogP contribution in [-0.4, -0.2) is 47.8 Å². The molecule has 1 amide bonds. The molecule has 0 aromatic heterocycles. The van der Waals surface area contributed by atoms with Gasteiger partial charge in [0.05, 0.1) is 17.2 Å². The molecule has 1 saturated heterocycles. The van der Waals surface area contributed by atoms with Gasteiger partial charge in [-0.3, -0.25) is 9.69 Å². The summed E-state index contributed by atoms with van der Waals surface area (Å²) < 4.78 is 18.8. The van der Waals surface area contributed by atoms with Gasteiger partial charge in [-0.2, -0.15) is 0 Å². The van der Waals surface area contributed by atoms with Crippen molar-refractivity contribution in [1.82, 2.24) is 10.2 Å². The van der Waals surface area contributed by atoms with E-state index >= 15 is 0 Å². The van der Waals surface area contributed by atoms with E-state index in [0.29, 0.717) is 36.7 Å². The van der Waals surface area contributed by atoms with E-state index < -0.39 is 5.60 Å². The fourth-order valence-electron chi connectivity index (χ4n) is 3.53. The number of nitrogens with one attached hydrogen (secondary N) is 1. The molecule has 5 nitrogen and oxygen atoms in total. The molecule has 30 heavy (non-hydrogen) atoms. The number of halogens is 2. The predicted octanol–water partition coefficient (Wildman–Crippen LogP) is 3.70. The Kier molecular flexibility index (Phi) is 7.69. The van der Waals surface area contributed by atoms with E-state index in [-0.39, 0.29) is 24.9 Å². The summed E-state index contributed by atoms with van der Waals surface area (Å²) in [6.07, 6.45) is 1.89. The number of rotatable bonds is 7. The van der Waals surface area contributed by atoms with Gasteiger partial charge in [0.25, 0.3) is 0 Å². The van der Waals surface area contributed by atoms with E-state index in [2.05, 4.69) is 5.32 Å². The van der Waals surface area contributed by atoms with Crippen molar-refractivity contribution in [1.29, 1.82) is 0 Å². The van der Waals surface area contributed by atoms with Gasteiger partial charge in [-0.1, -0.05) is 29.8 Å². The highest BCUT2D eigenvalue weighted by Crippen LogP contribution is 2.28. The van der Waals surface area contributed by atoms with Gasteiger partial charge in [0.2, 0.25) is 5.91 Å². The number of carbonyl (C=O) groups is 1. The van der Waals surface area contributed by atoms with Crippen LogP contribution in [0.5, 0.6) is 5.75 Å². The number of aliphatic hydroxyl groups is 1. The Labute approximate surface area is 181 Å². The van der Waals surface area contributed by atoms with E-state index in [0.717, 1.165) is 24.1 Å². The number of hydrogen-bond donors (Lipinski definition) is 2. The van der Waals surface area contributed by atoms with E-state index in [1.807, 2.05) is 24.0 Å². The Morgan fingerprint density at radius 1 is 1.23 bits per heavy atom. The zero-order valence-electron chi connectivity index (χ0n) is 17.2. The highest BCUT2D eigenvalue weighted by Gasteiger charge is 2.31. The maximum atomic E-state index is 13.0. The zero-order valence-corrected chi connectivity index (χ0v) is 17.9. The molecule has 1 atom stereocenters. The van der Waals surface area contributed by atoms with Crippen molar-refractivity contribution >= 4 is 17.5 Å². The minimum atomic E-state index is -0.952. The highest BCUT2D eigenvalue weighted by molar-refractivity contribution is 6.32. The molecule has 7 heteroatoms. The van der Waals surface area contributed by atoms with Crippen molar-refractivity contribution in [2.45, 2.75) is 38.3 Å². The first-order valence-electron chi connectivity index (χ1n) is 10.2. The number of ether oxygens (including phenoxy) is 1. The summed E-state index contributed by atoms with van der Waals surface area (Å²) in [5.41, 5.74) is 0.939. The lowest BCUT2D eigenvalue weighted by atomic mass is 9.96. The standard InChI is InChI=1S/C23H28ClFN2O3/c1-17-3-8-20(24)21(13-17)30-16-23(29)9-2-11-27(12-10-23)15-22(28)26-14-18-4-6-19(25)7-5-18/h3-8,13,29H,2,9-12,14-16H2,1H3,(H,26,28). The molecule has 0 saturated carbocycles. The van der Waals surface area contributed by atoms with E-state index in [9.17, 15) is 14.3 Å². The average molecular weight is 435 g/mol. The Bertz CT molecular complexity index is 862. The Morgan fingerprint density at radius 2 is 2.00 bits per heavy atom. The van der Waals surface area contributed by atoms with Crippen molar-refractivity contribution in [2.24, 2.45) is 0 Å². The second-order valence-electron chi connectivity index (χ2n) is 7.98. The molecule has 162 valence electrons. The molecule has 0 radical (unpaired) electrons. The first-order chi connectivity index (χ1) is 14.3. The van der Waals surface area contributed by atoms with Gasteiger partial charge in [-0.25, -0.2) is 4.39 Å². The fourth-order valence-corrected chi connectivity index (χ4v) is 3.70. The van der Waals surface area contributed by atoms with Crippen LogP contribution in [0.15, 0.2) is 42.5 Å². The summed E-state index contributed by atoms with van der Waals surface area (Å²) in [6.45, 7) is 4.09. The third kappa shape index (κ3) is 6.69. The predicted molar refractivity (Wildman–Crippen MR) is 115 cm³/mol. The molecule has 1 aliphatic heterocycles. The lowest BCUT2D eigenvalue weighted by molar-refractivity contribution is -0.122. The molecule has 0 spiro atoms. The summed E-state index contributed by atoms with van der Waals surface area (Å²) in [6, 6.07) is 11.6. The first kappa shape index (κ1) is 22.5. The average Bonchev–Trinajstić information content (AvgIpc) is 2.90. The van der Waals surface area contributed by atoms with Crippen LogP contribution in [0.25, 0.3) is 0 Å². The monoisotopic (exact) mass is 434 g/mol. The minimum Gasteiger partial charge on any atom is -0.489 e. The number of hydrogen-bond acceptors (Lipinski definition) is 4. The van der Waals surface area contributed by atoms with Crippen LogP contribution in [0.2, 0.25) is 5.02 Å². The SMILES string of the molecule is Cc1ccc(Cl)c(OCC2(O)CCCN(CC(=O)NCc3ccc(F)cc3)CC2)c1. The Hall–Kier alpha value is -2.15. The molecule has 3 rings (SSSR count). The van der Waals surface area contributed by atoms with Crippen molar-refractivity contribution in [3.63, 3.8) is 0 Å². The molecule has 0 bridgehead atoms. The van der Waals surface area contributed by atoms with Crippen LogP contribution < -0.4 is 10.1 Å². The summed E-state index contributed by atoms with van der Waals surface area (Å²) in [5, 5.41) is 14.4. The Morgan fingerprint density at radius 3 is 2.77 bits per heavy atom. The van der Waals surface area contributed by atoms with Gasteiger partial charge < -0.3 is 15.2 Å². The topological polar surface area (TPSA) is 61.8 Å². The minimum absolute atomic E-state index is 0.0902. The van der Waals surface area contributed by atoms with Crippen LogP contribution in [0, 0.1) is 12.7 Å². The first-order valence-corrected chi connectivity index (χ1v) is 10.6. The van der Waals surface area contributed by atoms with Gasteiger partial charge in [0.15, 0.2) is 0 Å².